The molecule has 2 N–H and O–H groups in total. The predicted molar refractivity (Wildman–Crippen MR) is 142 cm³/mol. The van der Waals surface area contributed by atoms with Gasteiger partial charge in [-0.05, 0) is 24.1 Å². The molecule has 0 bridgehead atoms. The predicted octanol–water partition coefficient (Wildman–Crippen LogP) is 6.55. The van der Waals surface area contributed by atoms with E-state index >= 15 is 0 Å². The van der Waals surface area contributed by atoms with Crippen LogP contribution < -0.4 is 5.32 Å². The second-order valence-corrected chi connectivity index (χ2v) is 10.1. The summed E-state index contributed by atoms with van der Waals surface area (Å²) in [4.78, 5) is 33.1. The SMILES string of the molecule is CCCCCCCCCCCCCCC(=O)OC[C@@H](NC(=O)C(Cl)Cl)[C@H](O)c1ccc([N+](=O)[O-])cc1. The number of nitro benzene ring substituents is 1. The highest BCUT2D eigenvalue weighted by Crippen LogP contribution is 2.21. The second-order valence-electron chi connectivity index (χ2n) is 9.03. The topological polar surface area (TPSA) is 119 Å². The fraction of sp³-hybridized carbons (Fsp3) is 0.692. The lowest BCUT2D eigenvalue weighted by Crippen LogP contribution is -2.45. The van der Waals surface area contributed by atoms with E-state index in [0.717, 1.165) is 19.3 Å². The first-order chi connectivity index (χ1) is 17.3. The van der Waals surface area contributed by atoms with Crippen LogP contribution in [0.1, 0.15) is 102 Å². The number of hydrogen-bond acceptors (Lipinski definition) is 6. The van der Waals surface area contributed by atoms with Crippen LogP contribution in [0.5, 0.6) is 0 Å². The van der Waals surface area contributed by atoms with E-state index in [-0.39, 0.29) is 18.7 Å². The number of carbonyl (C=O) groups is 2. The number of ether oxygens (including phenoxy) is 1. The molecule has 0 unspecified atom stereocenters. The summed E-state index contributed by atoms with van der Waals surface area (Å²) >= 11 is 11.2. The number of unbranched alkanes of at least 4 members (excludes halogenated alkanes) is 11. The Hall–Kier alpha value is -1.90. The van der Waals surface area contributed by atoms with E-state index in [1.807, 2.05) is 0 Å². The molecule has 8 nitrogen and oxygen atoms in total. The molecule has 0 heterocycles. The van der Waals surface area contributed by atoms with Crippen molar-refractivity contribution in [3.8, 4) is 0 Å². The molecule has 0 saturated carbocycles. The molecule has 36 heavy (non-hydrogen) atoms. The van der Waals surface area contributed by atoms with Crippen molar-refractivity contribution in [3.05, 3.63) is 39.9 Å². The van der Waals surface area contributed by atoms with E-state index in [2.05, 4.69) is 12.2 Å². The Bertz CT molecular complexity index is 776. The highest BCUT2D eigenvalue weighted by Gasteiger charge is 2.27. The summed E-state index contributed by atoms with van der Waals surface area (Å²) in [5, 5.41) is 24.0. The minimum atomic E-state index is -1.37. The number of aliphatic hydroxyl groups is 1. The number of non-ortho nitro benzene ring substituents is 1. The lowest BCUT2D eigenvalue weighted by atomic mass is 10.0. The molecule has 1 rings (SSSR count). The average Bonchev–Trinajstić information content (AvgIpc) is 2.86. The molecule has 0 spiro atoms. The van der Waals surface area contributed by atoms with Crippen LogP contribution in [0.3, 0.4) is 0 Å². The van der Waals surface area contributed by atoms with Crippen molar-refractivity contribution in [2.24, 2.45) is 0 Å². The minimum absolute atomic E-state index is 0.137. The normalized spacial score (nSPS) is 12.8. The van der Waals surface area contributed by atoms with Crippen LogP contribution in [0.4, 0.5) is 5.69 Å². The molecule has 0 aliphatic carbocycles. The molecule has 0 saturated heterocycles. The minimum Gasteiger partial charge on any atom is -0.463 e. The molecule has 0 aromatic heterocycles. The molecule has 1 aromatic carbocycles. The molecule has 0 radical (unpaired) electrons. The quantitative estimate of drug-likeness (QED) is 0.0628. The van der Waals surface area contributed by atoms with E-state index in [9.17, 15) is 24.8 Å². The highest BCUT2D eigenvalue weighted by atomic mass is 35.5. The lowest BCUT2D eigenvalue weighted by Gasteiger charge is -2.24. The number of carbonyl (C=O) groups excluding carboxylic acids is 2. The molecule has 1 aromatic rings. The first-order valence-corrected chi connectivity index (χ1v) is 13.8. The van der Waals surface area contributed by atoms with Crippen LogP contribution in [-0.2, 0) is 14.3 Å². The Kier molecular flexibility index (Phi) is 17.2. The van der Waals surface area contributed by atoms with Gasteiger partial charge in [-0.3, -0.25) is 19.7 Å². The van der Waals surface area contributed by atoms with Crippen molar-refractivity contribution >= 4 is 40.8 Å². The summed E-state index contributed by atoms with van der Waals surface area (Å²) in [5.74, 6) is -1.17. The van der Waals surface area contributed by atoms with Gasteiger partial charge >= 0.3 is 5.97 Å². The van der Waals surface area contributed by atoms with E-state index in [1.54, 1.807) is 0 Å². The number of nitro groups is 1. The van der Waals surface area contributed by atoms with Crippen LogP contribution in [0.25, 0.3) is 0 Å². The van der Waals surface area contributed by atoms with Gasteiger partial charge in [-0.15, -0.1) is 0 Å². The van der Waals surface area contributed by atoms with Gasteiger partial charge < -0.3 is 15.2 Å². The zero-order chi connectivity index (χ0) is 26.8. The fourth-order valence-corrected chi connectivity index (χ4v) is 3.97. The van der Waals surface area contributed by atoms with Crippen molar-refractivity contribution in [2.45, 2.75) is 107 Å². The molecule has 0 aliphatic rings. The number of nitrogens with one attached hydrogen (secondary N) is 1. The molecule has 1 amide bonds. The highest BCUT2D eigenvalue weighted by molar-refractivity contribution is 6.53. The third kappa shape index (κ3) is 14.0. The van der Waals surface area contributed by atoms with Crippen molar-refractivity contribution < 1.29 is 24.4 Å². The van der Waals surface area contributed by atoms with Crippen LogP contribution in [0.15, 0.2) is 24.3 Å². The Morgan fingerprint density at radius 3 is 1.92 bits per heavy atom. The van der Waals surface area contributed by atoms with Gasteiger partial charge in [0.05, 0.1) is 11.0 Å². The zero-order valence-corrected chi connectivity index (χ0v) is 22.6. The maximum Gasteiger partial charge on any atom is 0.305 e. The Morgan fingerprint density at radius 2 is 1.44 bits per heavy atom. The summed E-state index contributed by atoms with van der Waals surface area (Å²) in [5.41, 5.74) is 0.172. The van der Waals surface area contributed by atoms with Gasteiger partial charge in [-0.1, -0.05) is 101 Å². The third-order valence-electron chi connectivity index (χ3n) is 6.01. The number of alkyl halides is 2. The van der Waals surface area contributed by atoms with Crippen LogP contribution in [0.2, 0.25) is 0 Å². The van der Waals surface area contributed by atoms with Crippen molar-refractivity contribution in [1.29, 1.82) is 0 Å². The third-order valence-corrected chi connectivity index (χ3v) is 6.41. The first kappa shape index (κ1) is 32.1. The van der Waals surface area contributed by atoms with Gasteiger partial charge in [-0.2, -0.15) is 0 Å². The summed E-state index contributed by atoms with van der Waals surface area (Å²) in [6.45, 7) is 1.94. The van der Waals surface area contributed by atoms with Gasteiger partial charge in [-0.25, -0.2) is 0 Å². The maximum atomic E-state index is 12.2. The van der Waals surface area contributed by atoms with Gasteiger partial charge in [0.15, 0.2) is 4.84 Å². The molecule has 0 aliphatic heterocycles. The molecular weight excluding hydrogens is 507 g/mol. The summed E-state index contributed by atoms with van der Waals surface area (Å²) in [7, 11) is 0. The Balaban J connectivity index is 2.36. The molecule has 0 fully saturated rings. The zero-order valence-electron chi connectivity index (χ0n) is 21.1. The first-order valence-electron chi connectivity index (χ1n) is 12.9. The number of esters is 1. The van der Waals surface area contributed by atoms with Crippen LogP contribution in [0, 0.1) is 10.1 Å². The molecule has 204 valence electrons. The average molecular weight is 548 g/mol. The number of amides is 1. The molecule has 10 heteroatoms. The summed E-state index contributed by atoms with van der Waals surface area (Å²) in [6.07, 6.45) is 13.3. The smallest absolute Gasteiger partial charge is 0.305 e. The van der Waals surface area contributed by atoms with Gasteiger partial charge in [0.2, 0.25) is 0 Å². The van der Waals surface area contributed by atoms with Gasteiger partial charge in [0.25, 0.3) is 11.6 Å². The standard InChI is InChI=1S/C26H40Cl2N2O6/c1-2-3-4-5-6-7-8-9-10-11-12-13-14-23(31)36-19-22(29-26(33)25(27)28)24(32)20-15-17-21(18-16-20)30(34)35/h15-18,22,24-25,32H,2-14,19H2,1H3,(H,29,33)/t22-,24-/m1/s1. The molecular formula is C26H40Cl2N2O6. The van der Waals surface area contributed by atoms with E-state index in [1.165, 1.54) is 75.6 Å². The molecule has 2 atom stereocenters. The number of benzene rings is 1. The lowest BCUT2D eigenvalue weighted by molar-refractivity contribution is -0.384. The Labute approximate surface area is 224 Å². The summed E-state index contributed by atoms with van der Waals surface area (Å²) in [6, 6.07) is 4.20. The fourth-order valence-electron chi connectivity index (χ4n) is 3.85. The van der Waals surface area contributed by atoms with E-state index in [0.29, 0.717) is 12.0 Å². The van der Waals surface area contributed by atoms with Gasteiger partial charge in [0.1, 0.15) is 12.7 Å². The van der Waals surface area contributed by atoms with Crippen LogP contribution in [-0.4, -0.2) is 39.4 Å². The van der Waals surface area contributed by atoms with E-state index in [4.69, 9.17) is 27.9 Å². The monoisotopic (exact) mass is 546 g/mol. The van der Waals surface area contributed by atoms with Crippen molar-refractivity contribution in [2.75, 3.05) is 6.61 Å². The van der Waals surface area contributed by atoms with Crippen molar-refractivity contribution in [1.82, 2.24) is 5.32 Å². The summed E-state index contributed by atoms with van der Waals surface area (Å²) < 4.78 is 5.28. The van der Waals surface area contributed by atoms with Crippen molar-refractivity contribution in [3.63, 3.8) is 0 Å². The second kappa shape index (κ2) is 19.2. The van der Waals surface area contributed by atoms with Crippen LogP contribution >= 0.6 is 23.2 Å². The largest absolute Gasteiger partial charge is 0.463 e. The Morgan fingerprint density at radius 1 is 0.944 bits per heavy atom. The number of rotatable bonds is 20. The van der Waals surface area contributed by atoms with Gasteiger partial charge in [0, 0.05) is 18.6 Å². The number of hydrogen-bond donors (Lipinski definition) is 2. The number of halogens is 2. The van der Waals surface area contributed by atoms with E-state index < -0.39 is 33.8 Å². The number of nitrogens with zero attached hydrogens (tertiary/aromatic N) is 1. The maximum absolute atomic E-state index is 12.2. The number of aliphatic hydroxyl groups excluding tert-OH is 1.